The van der Waals surface area contributed by atoms with Gasteiger partial charge in [-0.15, -0.1) is 0 Å². The molecule has 0 fully saturated rings. The molecule has 0 unspecified atom stereocenters. The molecular weight excluding hydrogens is 370 g/mol. The Morgan fingerprint density at radius 1 is 1.03 bits per heavy atom. The Morgan fingerprint density at radius 3 is 2.40 bits per heavy atom. The molecule has 2 aromatic heterocycles. The number of carbonyl (C=O) groups excluding carboxylic acids is 1. The van der Waals surface area contributed by atoms with E-state index in [0.29, 0.717) is 0 Å². The molecule has 1 aliphatic carbocycles. The predicted octanol–water partition coefficient (Wildman–Crippen LogP) is 5.39. The van der Waals surface area contributed by atoms with Crippen LogP contribution in [0.3, 0.4) is 0 Å². The lowest BCUT2D eigenvalue weighted by Crippen LogP contribution is -2.22. The Labute approximate surface area is 176 Å². The standard InChI is InChI=1S/C26H25N3O/c1-2-18-9-11-19(12-10-18)24-16-23(17-29(24)25-8-5-13-27-25)28-26(30)22-14-20-6-3-4-7-21(20)15-22/h3-13,16-17,22,27H,2,14-15H2,1H3,(H,28,30). The van der Waals surface area contributed by atoms with Crippen molar-refractivity contribution in [3.05, 3.63) is 95.8 Å². The van der Waals surface area contributed by atoms with Crippen molar-refractivity contribution in [3.8, 4) is 17.1 Å². The molecule has 2 N–H and O–H groups in total. The van der Waals surface area contributed by atoms with Crippen LogP contribution in [0.1, 0.15) is 23.6 Å². The van der Waals surface area contributed by atoms with Crippen LogP contribution in [0, 0.1) is 5.92 Å². The second-order valence-corrected chi connectivity index (χ2v) is 7.95. The first-order chi connectivity index (χ1) is 14.7. The minimum atomic E-state index is -0.0106. The number of rotatable bonds is 5. The summed E-state index contributed by atoms with van der Waals surface area (Å²) in [5, 5.41) is 3.16. The van der Waals surface area contributed by atoms with E-state index in [1.807, 2.05) is 36.7 Å². The van der Waals surface area contributed by atoms with E-state index in [1.54, 1.807) is 0 Å². The van der Waals surface area contributed by atoms with Crippen LogP contribution in [0.5, 0.6) is 0 Å². The summed E-state index contributed by atoms with van der Waals surface area (Å²) in [5.74, 6) is 1.05. The largest absolute Gasteiger partial charge is 0.348 e. The topological polar surface area (TPSA) is 49.8 Å². The molecule has 0 spiro atoms. The van der Waals surface area contributed by atoms with Crippen LogP contribution < -0.4 is 5.32 Å². The first-order valence-corrected chi connectivity index (χ1v) is 10.5. The Hall–Kier alpha value is -3.53. The third kappa shape index (κ3) is 3.45. The van der Waals surface area contributed by atoms with Crippen LogP contribution in [0.4, 0.5) is 5.69 Å². The number of nitrogens with zero attached hydrogens (tertiary/aromatic N) is 1. The third-order valence-electron chi connectivity index (χ3n) is 6.01. The van der Waals surface area contributed by atoms with Crippen LogP contribution in [-0.2, 0) is 24.1 Å². The van der Waals surface area contributed by atoms with Crippen molar-refractivity contribution in [2.75, 3.05) is 5.32 Å². The van der Waals surface area contributed by atoms with Crippen molar-refractivity contribution in [2.45, 2.75) is 26.2 Å². The van der Waals surface area contributed by atoms with E-state index in [0.717, 1.165) is 42.0 Å². The summed E-state index contributed by atoms with van der Waals surface area (Å²) in [4.78, 5) is 16.3. The third-order valence-corrected chi connectivity index (χ3v) is 6.01. The van der Waals surface area contributed by atoms with Crippen molar-refractivity contribution in [1.29, 1.82) is 0 Å². The van der Waals surface area contributed by atoms with Crippen molar-refractivity contribution in [2.24, 2.45) is 5.92 Å². The molecular formula is C26H25N3O. The van der Waals surface area contributed by atoms with Gasteiger partial charge in [0.1, 0.15) is 5.82 Å². The predicted molar refractivity (Wildman–Crippen MR) is 121 cm³/mol. The van der Waals surface area contributed by atoms with Crippen LogP contribution in [0.15, 0.2) is 79.1 Å². The van der Waals surface area contributed by atoms with Crippen molar-refractivity contribution in [1.82, 2.24) is 9.55 Å². The lowest BCUT2D eigenvalue weighted by atomic mass is 10.1. The van der Waals surface area contributed by atoms with Gasteiger partial charge in [-0.2, -0.15) is 0 Å². The summed E-state index contributed by atoms with van der Waals surface area (Å²) in [5.41, 5.74) is 6.88. The molecule has 4 nitrogen and oxygen atoms in total. The fourth-order valence-corrected chi connectivity index (χ4v) is 4.32. The summed E-state index contributed by atoms with van der Waals surface area (Å²) in [6.07, 6.45) is 6.54. The zero-order valence-corrected chi connectivity index (χ0v) is 17.1. The minimum absolute atomic E-state index is 0.0106. The first kappa shape index (κ1) is 18.5. The first-order valence-electron chi connectivity index (χ1n) is 10.5. The normalized spacial score (nSPS) is 13.4. The highest BCUT2D eigenvalue weighted by Gasteiger charge is 2.27. The van der Waals surface area contributed by atoms with Gasteiger partial charge >= 0.3 is 0 Å². The Balaban J connectivity index is 1.42. The van der Waals surface area contributed by atoms with Crippen molar-refractivity contribution >= 4 is 11.6 Å². The Bertz CT molecular complexity index is 1140. The number of fused-ring (bicyclic) bond motifs is 1. The molecule has 0 aliphatic heterocycles. The minimum Gasteiger partial charge on any atom is -0.348 e. The maximum Gasteiger partial charge on any atom is 0.228 e. The Kier molecular flexibility index (Phi) is 4.75. The van der Waals surface area contributed by atoms with E-state index in [9.17, 15) is 4.79 Å². The van der Waals surface area contributed by atoms with Crippen LogP contribution in [0.2, 0.25) is 0 Å². The summed E-state index contributed by atoms with van der Waals surface area (Å²) >= 11 is 0. The van der Waals surface area contributed by atoms with Gasteiger partial charge in [-0.25, -0.2) is 0 Å². The highest BCUT2D eigenvalue weighted by atomic mass is 16.1. The highest BCUT2D eigenvalue weighted by molar-refractivity contribution is 5.94. The molecule has 30 heavy (non-hydrogen) atoms. The lowest BCUT2D eigenvalue weighted by molar-refractivity contribution is -0.119. The zero-order valence-electron chi connectivity index (χ0n) is 17.1. The number of hydrogen-bond acceptors (Lipinski definition) is 1. The quantitative estimate of drug-likeness (QED) is 0.468. The van der Waals surface area contributed by atoms with E-state index in [4.69, 9.17) is 0 Å². The molecule has 5 rings (SSSR count). The van der Waals surface area contributed by atoms with Gasteiger partial charge in [-0.1, -0.05) is 55.5 Å². The van der Waals surface area contributed by atoms with E-state index < -0.39 is 0 Å². The lowest BCUT2D eigenvalue weighted by Gasteiger charge is -2.09. The summed E-state index contributed by atoms with van der Waals surface area (Å²) in [7, 11) is 0. The number of nitrogens with one attached hydrogen (secondary N) is 2. The number of amides is 1. The molecule has 1 aliphatic rings. The SMILES string of the molecule is CCc1ccc(-c2cc(NC(=O)C3Cc4ccccc4C3)cn2-c2ccc[nH]2)cc1. The average Bonchev–Trinajstić information content (AvgIpc) is 3.52. The number of aromatic amines is 1. The van der Waals surface area contributed by atoms with Gasteiger partial charge < -0.3 is 14.9 Å². The molecule has 0 atom stereocenters. The second kappa shape index (κ2) is 7.71. The van der Waals surface area contributed by atoms with Crippen molar-refractivity contribution < 1.29 is 4.79 Å². The van der Waals surface area contributed by atoms with Gasteiger partial charge in [0.05, 0.1) is 11.4 Å². The smallest absolute Gasteiger partial charge is 0.228 e. The Morgan fingerprint density at radius 2 is 1.77 bits per heavy atom. The highest BCUT2D eigenvalue weighted by Crippen LogP contribution is 2.31. The van der Waals surface area contributed by atoms with Crippen LogP contribution in [0.25, 0.3) is 17.1 Å². The van der Waals surface area contributed by atoms with Gasteiger partial charge in [0.25, 0.3) is 0 Å². The zero-order chi connectivity index (χ0) is 20.5. The summed E-state index contributed by atoms with van der Waals surface area (Å²) in [6.45, 7) is 2.16. The van der Waals surface area contributed by atoms with Gasteiger partial charge in [0.15, 0.2) is 0 Å². The number of aromatic nitrogens is 2. The van der Waals surface area contributed by atoms with E-state index in [1.165, 1.54) is 16.7 Å². The average molecular weight is 396 g/mol. The molecule has 0 saturated heterocycles. The summed E-state index contributed by atoms with van der Waals surface area (Å²) < 4.78 is 2.10. The number of aryl methyl sites for hydroxylation is 1. The molecule has 0 bridgehead atoms. The number of anilines is 1. The molecule has 4 heteroatoms. The molecule has 2 heterocycles. The molecule has 2 aromatic carbocycles. The monoisotopic (exact) mass is 395 g/mol. The molecule has 0 saturated carbocycles. The molecule has 4 aromatic rings. The fourth-order valence-electron chi connectivity index (χ4n) is 4.32. The summed E-state index contributed by atoms with van der Waals surface area (Å²) in [6, 6.07) is 23.0. The van der Waals surface area contributed by atoms with Gasteiger partial charge in [-0.3, -0.25) is 4.79 Å². The van der Waals surface area contributed by atoms with Gasteiger partial charge in [0.2, 0.25) is 5.91 Å². The van der Waals surface area contributed by atoms with Gasteiger partial charge in [-0.05, 0) is 59.7 Å². The van der Waals surface area contributed by atoms with Gasteiger partial charge in [0, 0.05) is 18.3 Å². The molecule has 150 valence electrons. The fraction of sp³-hybridized carbons (Fsp3) is 0.192. The number of H-pyrrole nitrogens is 1. The number of carbonyl (C=O) groups is 1. The maximum absolute atomic E-state index is 13.0. The second-order valence-electron chi connectivity index (χ2n) is 7.95. The molecule has 0 radical (unpaired) electrons. The number of hydrogen-bond donors (Lipinski definition) is 2. The molecule has 1 amide bonds. The van der Waals surface area contributed by atoms with E-state index >= 15 is 0 Å². The number of benzene rings is 2. The van der Waals surface area contributed by atoms with Crippen molar-refractivity contribution in [3.63, 3.8) is 0 Å². The van der Waals surface area contributed by atoms with E-state index in [2.05, 4.69) is 64.3 Å². The maximum atomic E-state index is 13.0. The van der Waals surface area contributed by atoms with E-state index in [-0.39, 0.29) is 11.8 Å². The van der Waals surface area contributed by atoms with Crippen LogP contribution in [-0.4, -0.2) is 15.5 Å². The van der Waals surface area contributed by atoms with Crippen LogP contribution >= 0.6 is 0 Å².